The minimum Gasteiger partial charge on any atom is -0.493 e. The fraction of sp³-hybridized carbons (Fsp3) is 0.500. The van der Waals surface area contributed by atoms with Gasteiger partial charge in [-0.2, -0.15) is 0 Å². The number of amides is 2. The molecule has 186 valence electrons. The Morgan fingerprint density at radius 3 is 2.74 bits per heavy atom. The van der Waals surface area contributed by atoms with Gasteiger partial charge in [-0.05, 0) is 55.5 Å². The first-order valence-electron chi connectivity index (χ1n) is 12.2. The molecule has 3 heterocycles. The molecule has 2 amide bonds. The highest BCUT2D eigenvalue weighted by molar-refractivity contribution is 5.96. The van der Waals surface area contributed by atoms with E-state index >= 15 is 0 Å². The maximum atomic E-state index is 12.4. The van der Waals surface area contributed by atoms with Crippen LogP contribution in [0, 0.1) is 0 Å². The largest absolute Gasteiger partial charge is 0.493 e. The number of likely N-dealkylation sites (tertiary alicyclic amines) is 1. The lowest BCUT2D eigenvalue weighted by atomic mass is 9.77. The van der Waals surface area contributed by atoms with Crippen LogP contribution in [0.1, 0.15) is 47.2 Å². The highest BCUT2D eigenvalue weighted by Crippen LogP contribution is 2.39. The smallest absolute Gasteiger partial charge is 0.251 e. The molecule has 9 nitrogen and oxygen atoms in total. The Kier molecular flexibility index (Phi) is 6.62. The van der Waals surface area contributed by atoms with Gasteiger partial charge in [-0.15, -0.1) is 0 Å². The van der Waals surface area contributed by atoms with Crippen LogP contribution >= 0.6 is 0 Å². The summed E-state index contributed by atoms with van der Waals surface area (Å²) in [5, 5.41) is 16.8. The van der Waals surface area contributed by atoms with Crippen LogP contribution in [0.2, 0.25) is 0 Å². The summed E-state index contributed by atoms with van der Waals surface area (Å²) in [6, 6.07) is 9.51. The molecular formula is C26H32N4O5. The molecular weight excluding hydrogens is 448 g/mol. The normalized spacial score (nSPS) is 24.1. The highest BCUT2D eigenvalue weighted by atomic mass is 16.5. The average Bonchev–Trinajstić information content (AvgIpc) is 3.33. The summed E-state index contributed by atoms with van der Waals surface area (Å²) in [4.78, 5) is 31.3. The van der Waals surface area contributed by atoms with Gasteiger partial charge in [0.15, 0.2) is 0 Å². The van der Waals surface area contributed by atoms with Crippen molar-refractivity contribution in [3.05, 3.63) is 53.2 Å². The zero-order valence-corrected chi connectivity index (χ0v) is 20.0. The van der Waals surface area contributed by atoms with Crippen molar-refractivity contribution in [2.75, 3.05) is 33.4 Å². The van der Waals surface area contributed by atoms with E-state index < -0.39 is 5.60 Å². The molecule has 9 heteroatoms. The van der Waals surface area contributed by atoms with Crippen molar-refractivity contribution in [1.82, 2.24) is 20.5 Å². The van der Waals surface area contributed by atoms with Gasteiger partial charge in [0, 0.05) is 48.9 Å². The molecule has 0 spiro atoms. The summed E-state index contributed by atoms with van der Waals surface area (Å²) < 4.78 is 10.6. The van der Waals surface area contributed by atoms with Gasteiger partial charge in [0.1, 0.15) is 5.75 Å². The van der Waals surface area contributed by atoms with Crippen LogP contribution in [0.15, 0.2) is 36.5 Å². The summed E-state index contributed by atoms with van der Waals surface area (Å²) in [5.74, 6) is 0.927. The Bertz CT molecular complexity index is 1080. The number of benzene rings is 1. The monoisotopic (exact) mass is 480 g/mol. The number of carbonyl (C=O) groups is 2. The number of methoxy groups -OCH3 is 1. The Morgan fingerprint density at radius 1 is 1.23 bits per heavy atom. The van der Waals surface area contributed by atoms with E-state index in [0.717, 1.165) is 49.2 Å². The summed E-state index contributed by atoms with van der Waals surface area (Å²) in [6.07, 6.45) is 5.65. The average molecular weight is 481 g/mol. The summed E-state index contributed by atoms with van der Waals surface area (Å²) in [6.45, 7) is 2.17. The van der Waals surface area contributed by atoms with Crippen LogP contribution in [-0.4, -0.2) is 72.2 Å². The quantitative estimate of drug-likeness (QED) is 0.549. The number of hydrogen-bond acceptors (Lipinski definition) is 7. The standard InChI is InChI=1S/C26H32N4O5/c1-34-24-5-3-19(13-27-24)26(33)9-6-21(7-10-26)30-15-20(16-30)29-23(31)14-28-25(32)18-2-4-22-17(12-18)8-11-35-22/h2-5,12-13,20-21,33H,6-11,14-16H2,1H3,(H,28,32)(H,29,31)/t21-,26-. The van der Waals surface area contributed by atoms with Crippen molar-refractivity contribution < 1.29 is 24.2 Å². The van der Waals surface area contributed by atoms with Crippen LogP contribution in [0.4, 0.5) is 0 Å². The Balaban J connectivity index is 1.02. The highest BCUT2D eigenvalue weighted by Gasteiger charge is 2.40. The molecule has 1 aromatic carbocycles. The fourth-order valence-corrected chi connectivity index (χ4v) is 5.28. The first-order valence-corrected chi connectivity index (χ1v) is 12.2. The number of aliphatic hydroxyl groups is 1. The molecule has 1 aromatic heterocycles. The van der Waals surface area contributed by atoms with Crippen molar-refractivity contribution in [1.29, 1.82) is 0 Å². The number of aromatic nitrogens is 1. The van der Waals surface area contributed by atoms with Gasteiger partial charge in [-0.1, -0.05) is 0 Å². The van der Waals surface area contributed by atoms with Crippen LogP contribution in [-0.2, 0) is 16.8 Å². The molecule has 1 saturated carbocycles. The van der Waals surface area contributed by atoms with E-state index in [0.29, 0.717) is 36.9 Å². The minimum absolute atomic E-state index is 0.0464. The number of carbonyl (C=O) groups excluding carboxylic acids is 2. The number of fused-ring (bicyclic) bond motifs is 1. The molecule has 1 saturated heterocycles. The van der Waals surface area contributed by atoms with E-state index in [9.17, 15) is 14.7 Å². The Morgan fingerprint density at radius 2 is 2.03 bits per heavy atom. The molecule has 0 radical (unpaired) electrons. The molecule has 0 atom stereocenters. The minimum atomic E-state index is -0.849. The Labute approximate surface area is 204 Å². The zero-order chi connectivity index (χ0) is 24.4. The molecule has 0 unspecified atom stereocenters. The number of rotatable bonds is 7. The first-order chi connectivity index (χ1) is 16.9. The molecule has 2 aliphatic heterocycles. The second kappa shape index (κ2) is 9.83. The van der Waals surface area contributed by atoms with E-state index in [-0.39, 0.29) is 24.4 Å². The van der Waals surface area contributed by atoms with E-state index in [2.05, 4.69) is 20.5 Å². The molecule has 35 heavy (non-hydrogen) atoms. The van der Waals surface area contributed by atoms with Crippen molar-refractivity contribution in [2.45, 2.75) is 49.8 Å². The van der Waals surface area contributed by atoms with Gasteiger partial charge in [0.2, 0.25) is 11.8 Å². The van der Waals surface area contributed by atoms with Gasteiger partial charge in [-0.3, -0.25) is 14.5 Å². The lowest BCUT2D eigenvalue weighted by Gasteiger charge is -2.48. The predicted octanol–water partition coefficient (Wildman–Crippen LogP) is 1.39. The maximum Gasteiger partial charge on any atom is 0.251 e. The Hall–Kier alpha value is -3.17. The predicted molar refractivity (Wildman–Crippen MR) is 128 cm³/mol. The lowest BCUT2D eigenvalue weighted by Crippen LogP contribution is -2.63. The van der Waals surface area contributed by atoms with E-state index in [1.54, 1.807) is 31.5 Å². The lowest BCUT2D eigenvalue weighted by molar-refractivity contribution is -0.122. The van der Waals surface area contributed by atoms with Crippen LogP contribution in [0.25, 0.3) is 0 Å². The zero-order valence-electron chi connectivity index (χ0n) is 20.0. The molecule has 3 aliphatic rings. The third-order valence-corrected chi connectivity index (χ3v) is 7.42. The van der Waals surface area contributed by atoms with Crippen LogP contribution in [0.5, 0.6) is 11.6 Å². The van der Waals surface area contributed by atoms with E-state index in [1.807, 2.05) is 12.1 Å². The number of hydrogen-bond donors (Lipinski definition) is 3. The third kappa shape index (κ3) is 5.11. The number of pyridine rings is 1. The summed E-state index contributed by atoms with van der Waals surface area (Å²) in [7, 11) is 1.58. The SMILES string of the molecule is COc1ccc([C@]2(O)CC[C@H](N3CC(NC(=O)CNC(=O)c4ccc5c(c4)CCO5)C3)CC2)cn1. The topological polar surface area (TPSA) is 113 Å². The molecule has 2 aromatic rings. The third-order valence-electron chi connectivity index (χ3n) is 7.42. The molecule has 2 fully saturated rings. The second-order valence-corrected chi connectivity index (χ2v) is 9.67. The number of nitrogens with zero attached hydrogens (tertiary/aromatic N) is 2. The summed E-state index contributed by atoms with van der Waals surface area (Å²) >= 11 is 0. The number of ether oxygens (including phenoxy) is 2. The van der Waals surface area contributed by atoms with Gasteiger partial charge in [0.25, 0.3) is 5.91 Å². The van der Waals surface area contributed by atoms with Crippen molar-refractivity contribution >= 4 is 11.8 Å². The van der Waals surface area contributed by atoms with Gasteiger partial charge in [-0.25, -0.2) is 4.98 Å². The van der Waals surface area contributed by atoms with E-state index in [4.69, 9.17) is 9.47 Å². The van der Waals surface area contributed by atoms with E-state index in [1.165, 1.54) is 0 Å². The number of nitrogens with one attached hydrogen (secondary N) is 2. The molecule has 1 aliphatic carbocycles. The van der Waals surface area contributed by atoms with Crippen molar-refractivity contribution in [3.63, 3.8) is 0 Å². The second-order valence-electron chi connectivity index (χ2n) is 9.67. The van der Waals surface area contributed by atoms with Gasteiger partial charge >= 0.3 is 0 Å². The first kappa shape index (κ1) is 23.6. The fourth-order valence-electron chi connectivity index (χ4n) is 5.28. The molecule has 3 N–H and O–H groups in total. The van der Waals surface area contributed by atoms with Crippen molar-refractivity contribution in [3.8, 4) is 11.6 Å². The van der Waals surface area contributed by atoms with Gasteiger partial charge < -0.3 is 25.2 Å². The van der Waals surface area contributed by atoms with Crippen LogP contribution < -0.4 is 20.1 Å². The van der Waals surface area contributed by atoms with Crippen molar-refractivity contribution in [2.24, 2.45) is 0 Å². The molecule has 5 rings (SSSR count). The maximum absolute atomic E-state index is 12.4. The molecule has 0 bridgehead atoms. The summed E-state index contributed by atoms with van der Waals surface area (Å²) in [5.41, 5.74) is 1.55. The van der Waals surface area contributed by atoms with Crippen LogP contribution in [0.3, 0.4) is 0 Å². The van der Waals surface area contributed by atoms with Gasteiger partial charge in [0.05, 0.1) is 31.9 Å².